The molecule has 3 rings (SSSR count). The van der Waals surface area contributed by atoms with Crippen molar-refractivity contribution in [2.24, 2.45) is 5.92 Å². The van der Waals surface area contributed by atoms with Gasteiger partial charge < -0.3 is 4.90 Å². The van der Waals surface area contributed by atoms with Gasteiger partial charge in [-0.25, -0.2) is 8.42 Å². The summed E-state index contributed by atoms with van der Waals surface area (Å²) in [5.41, 5.74) is 0. The lowest BCUT2D eigenvalue weighted by Crippen LogP contribution is -2.58. The molecule has 19 heavy (non-hydrogen) atoms. The Bertz CT molecular complexity index is 466. The Kier molecular flexibility index (Phi) is 3.33. The molecule has 2 aliphatic heterocycles. The van der Waals surface area contributed by atoms with Gasteiger partial charge in [-0.3, -0.25) is 4.79 Å². The molecule has 3 fully saturated rings. The van der Waals surface area contributed by atoms with Crippen LogP contribution in [0.1, 0.15) is 39.0 Å². The zero-order valence-corrected chi connectivity index (χ0v) is 12.2. The molecule has 2 saturated heterocycles. The minimum absolute atomic E-state index is 0.103. The topological polar surface area (TPSA) is 57.7 Å². The largest absolute Gasteiger partial charge is 0.340 e. The Morgan fingerprint density at radius 3 is 2.37 bits per heavy atom. The molecule has 0 N–H and O–H groups in total. The number of piperidine rings is 1. The van der Waals surface area contributed by atoms with E-state index < -0.39 is 10.0 Å². The average molecular weight is 286 g/mol. The molecule has 5 nitrogen and oxygen atoms in total. The SMILES string of the molecule is C[C@H]1CCCCN1C(=O)C1CN(S(=O)(=O)C2CC2)C1. The van der Waals surface area contributed by atoms with Crippen LogP contribution in [0.5, 0.6) is 0 Å². The molecule has 6 heteroatoms. The first kappa shape index (κ1) is 13.4. The number of hydrogen-bond acceptors (Lipinski definition) is 3. The number of carbonyl (C=O) groups is 1. The predicted octanol–water partition coefficient (Wildman–Crippen LogP) is 0.811. The number of sulfonamides is 1. The average Bonchev–Trinajstić information content (AvgIpc) is 3.10. The van der Waals surface area contributed by atoms with Gasteiger partial charge in [0, 0.05) is 25.7 Å². The predicted molar refractivity (Wildman–Crippen MR) is 72.0 cm³/mol. The molecular weight excluding hydrogens is 264 g/mol. The van der Waals surface area contributed by atoms with E-state index in [0.717, 1.165) is 32.2 Å². The lowest BCUT2D eigenvalue weighted by atomic mass is 9.97. The Labute approximate surface area is 115 Å². The van der Waals surface area contributed by atoms with E-state index >= 15 is 0 Å². The smallest absolute Gasteiger partial charge is 0.228 e. The highest BCUT2D eigenvalue weighted by molar-refractivity contribution is 7.90. The quantitative estimate of drug-likeness (QED) is 0.771. The highest BCUT2D eigenvalue weighted by atomic mass is 32.2. The van der Waals surface area contributed by atoms with Crippen molar-refractivity contribution in [1.82, 2.24) is 9.21 Å². The van der Waals surface area contributed by atoms with Crippen LogP contribution in [0.4, 0.5) is 0 Å². The van der Waals surface area contributed by atoms with Crippen LogP contribution >= 0.6 is 0 Å². The van der Waals surface area contributed by atoms with Crippen molar-refractivity contribution in [3.05, 3.63) is 0 Å². The van der Waals surface area contributed by atoms with Crippen LogP contribution < -0.4 is 0 Å². The van der Waals surface area contributed by atoms with E-state index in [1.165, 1.54) is 10.7 Å². The van der Waals surface area contributed by atoms with Gasteiger partial charge >= 0.3 is 0 Å². The summed E-state index contributed by atoms with van der Waals surface area (Å²) in [6, 6.07) is 0.315. The molecule has 2 heterocycles. The molecular formula is C13H22N2O3S. The molecule has 108 valence electrons. The minimum atomic E-state index is -3.08. The van der Waals surface area contributed by atoms with Gasteiger partial charge in [0.05, 0.1) is 11.2 Å². The fourth-order valence-corrected chi connectivity index (χ4v) is 4.97. The Morgan fingerprint density at radius 2 is 1.79 bits per heavy atom. The second-order valence-electron chi connectivity index (χ2n) is 6.13. The van der Waals surface area contributed by atoms with Crippen LogP contribution in [-0.2, 0) is 14.8 Å². The van der Waals surface area contributed by atoms with Gasteiger partial charge in [0.2, 0.25) is 15.9 Å². The summed E-state index contributed by atoms with van der Waals surface area (Å²) in [7, 11) is -3.08. The number of likely N-dealkylation sites (tertiary alicyclic amines) is 1. The number of rotatable bonds is 3. The number of nitrogens with zero attached hydrogens (tertiary/aromatic N) is 2. The third-order valence-corrected chi connectivity index (χ3v) is 6.92. The fourth-order valence-electron chi connectivity index (χ4n) is 3.04. The number of amides is 1. The van der Waals surface area contributed by atoms with Crippen LogP contribution in [0.2, 0.25) is 0 Å². The van der Waals surface area contributed by atoms with E-state index in [-0.39, 0.29) is 17.1 Å². The lowest BCUT2D eigenvalue weighted by molar-refractivity contribution is -0.142. The summed E-state index contributed by atoms with van der Waals surface area (Å²) in [6.07, 6.45) is 4.93. The molecule has 1 aliphatic carbocycles. The Morgan fingerprint density at radius 1 is 1.11 bits per heavy atom. The van der Waals surface area contributed by atoms with Gasteiger partial charge in [-0.15, -0.1) is 0 Å². The van der Waals surface area contributed by atoms with Crippen molar-refractivity contribution in [3.63, 3.8) is 0 Å². The van der Waals surface area contributed by atoms with Crippen molar-refractivity contribution in [1.29, 1.82) is 0 Å². The van der Waals surface area contributed by atoms with Crippen LogP contribution in [0.25, 0.3) is 0 Å². The van der Waals surface area contributed by atoms with Gasteiger partial charge in [0.15, 0.2) is 0 Å². The highest BCUT2D eigenvalue weighted by Gasteiger charge is 2.48. The van der Waals surface area contributed by atoms with E-state index in [1.807, 2.05) is 4.90 Å². The molecule has 1 saturated carbocycles. The number of carbonyl (C=O) groups excluding carboxylic acids is 1. The normalized spacial score (nSPS) is 30.2. The molecule has 1 amide bonds. The maximum absolute atomic E-state index is 12.4. The van der Waals surface area contributed by atoms with Gasteiger partial charge in [0.25, 0.3) is 0 Å². The first-order chi connectivity index (χ1) is 9.00. The monoisotopic (exact) mass is 286 g/mol. The van der Waals surface area contributed by atoms with E-state index in [2.05, 4.69) is 6.92 Å². The molecule has 1 atom stereocenters. The number of hydrogen-bond donors (Lipinski definition) is 0. The lowest BCUT2D eigenvalue weighted by Gasteiger charge is -2.42. The Balaban J connectivity index is 1.56. The molecule has 3 aliphatic rings. The molecule has 0 bridgehead atoms. The summed E-state index contributed by atoms with van der Waals surface area (Å²) < 4.78 is 25.5. The van der Waals surface area contributed by atoms with E-state index in [4.69, 9.17) is 0 Å². The zero-order valence-electron chi connectivity index (χ0n) is 11.4. The zero-order chi connectivity index (χ0) is 13.6. The maximum Gasteiger partial charge on any atom is 0.228 e. The summed E-state index contributed by atoms with van der Waals surface area (Å²) in [6.45, 7) is 3.74. The summed E-state index contributed by atoms with van der Waals surface area (Å²) in [5.74, 6) is 0.0588. The Hall–Kier alpha value is -0.620. The highest BCUT2D eigenvalue weighted by Crippen LogP contribution is 2.35. The van der Waals surface area contributed by atoms with E-state index in [0.29, 0.717) is 19.1 Å². The maximum atomic E-state index is 12.4. The molecule has 0 aromatic rings. The molecule has 0 radical (unpaired) electrons. The van der Waals surface area contributed by atoms with Crippen molar-refractivity contribution >= 4 is 15.9 Å². The standard InChI is InChI=1S/C13H22N2O3S/c1-10-4-2-3-7-15(10)13(16)11-8-14(9-11)19(17,18)12-5-6-12/h10-12H,2-9H2,1H3/t10-/m0/s1. The van der Waals surface area contributed by atoms with Gasteiger partial charge in [-0.1, -0.05) is 0 Å². The second kappa shape index (κ2) is 4.74. The fraction of sp³-hybridized carbons (Fsp3) is 0.923. The molecule has 0 aromatic carbocycles. The third kappa shape index (κ3) is 2.40. The first-order valence-corrected chi connectivity index (χ1v) is 8.80. The molecule has 0 unspecified atom stereocenters. The van der Waals surface area contributed by atoms with Crippen molar-refractivity contribution in [3.8, 4) is 0 Å². The third-order valence-electron chi connectivity index (χ3n) is 4.59. The van der Waals surface area contributed by atoms with Crippen molar-refractivity contribution in [2.45, 2.75) is 50.3 Å². The van der Waals surface area contributed by atoms with Crippen LogP contribution in [0.3, 0.4) is 0 Å². The second-order valence-corrected chi connectivity index (χ2v) is 8.35. The van der Waals surface area contributed by atoms with Crippen molar-refractivity contribution < 1.29 is 13.2 Å². The van der Waals surface area contributed by atoms with Crippen LogP contribution in [0, 0.1) is 5.92 Å². The minimum Gasteiger partial charge on any atom is -0.340 e. The van der Waals surface area contributed by atoms with E-state index in [1.54, 1.807) is 0 Å². The van der Waals surface area contributed by atoms with Crippen LogP contribution in [0.15, 0.2) is 0 Å². The van der Waals surface area contributed by atoms with Gasteiger partial charge in [0.1, 0.15) is 0 Å². The van der Waals surface area contributed by atoms with E-state index in [9.17, 15) is 13.2 Å². The van der Waals surface area contributed by atoms with Crippen molar-refractivity contribution in [2.75, 3.05) is 19.6 Å². The first-order valence-electron chi connectivity index (χ1n) is 7.29. The molecule has 0 aromatic heterocycles. The summed E-state index contributed by atoms with van der Waals surface area (Å²) in [4.78, 5) is 14.3. The van der Waals surface area contributed by atoms with Gasteiger partial charge in [-0.2, -0.15) is 4.31 Å². The molecule has 0 spiro atoms. The summed E-state index contributed by atoms with van der Waals surface area (Å²) >= 11 is 0. The van der Waals surface area contributed by atoms with Gasteiger partial charge in [-0.05, 0) is 39.0 Å². The van der Waals surface area contributed by atoms with Crippen LogP contribution in [-0.4, -0.2) is 54.5 Å². The summed E-state index contributed by atoms with van der Waals surface area (Å²) in [5, 5.41) is -0.155.